The number of rotatable bonds is 5. The molecule has 0 bridgehead atoms. The van der Waals surface area contributed by atoms with Gasteiger partial charge in [0.25, 0.3) is 5.91 Å². The van der Waals surface area contributed by atoms with Crippen molar-refractivity contribution in [3.8, 4) is 5.75 Å². The molecule has 5 rings (SSSR count). The van der Waals surface area contributed by atoms with Crippen LogP contribution >= 0.6 is 11.3 Å². The normalized spacial score (nSPS) is 24.2. The molecule has 2 atom stereocenters. The number of urea groups is 1. The van der Waals surface area contributed by atoms with Gasteiger partial charge in [0.1, 0.15) is 11.3 Å². The third-order valence-corrected chi connectivity index (χ3v) is 7.43. The van der Waals surface area contributed by atoms with Crippen molar-refractivity contribution in [3.05, 3.63) is 64.4 Å². The van der Waals surface area contributed by atoms with E-state index in [-0.39, 0.29) is 18.0 Å². The maximum Gasteiger partial charge on any atom is 0.326 e. The summed E-state index contributed by atoms with van der Waals surface area (Å²) in [5.41, 5.74) is -0.300. The van der Waals surface area contributed by atoms with Crippen LogP contribution in [0.25, 0.3) is 10.8 Å². The van der Waals surface area contributed by atoms with Crippen LogP contribution in [0.3, 0.4) is 0 Å². The summed E-state index contributed by atoms with van der Waals surface area (Å²) in [7, 11) is 1.64. The number of thiophene rings is 1. The van der Waals surface area contributed by atoms with Crippen LogP contribution in [0.1, 0.15) is 36.2 Å². The van der Waals surface area contributed by atoms with Gasteiger partial charge in [-0.15, -0.1) is 11.3 Å². The van der Waals surface area contributed by atoms with Gasteiger partial charge in [-0.2, -0.15) is 0 Å². The van der Waals surface area contributed by atoms with Crippen molar-refractivity contribution >= 4 is 34.0 Å². The molecule has 3 aromatic rings. The molecule has 7 heteroatoms. The zero-order valence-electron chi connectivity index (χ0n) is 17.6. The lowest BCUT2D eigenvalue weighted by atomic mass is 9.90. The third kappa shape index (κ3) is 3.38. The fourth-order valence-electron chi connectivity index (χ4n) is 4.66. The highest BCUT2D eigenvalue weighted by Crippen LogP contribution is 2.37. The molecule has 2 fully saturated rings. The van der Waals surface area contributed by atoms with Crippen molar-refractivity contribution in [1.29, 1.82) is 0 Å². The average molecular weight is 436 g/mol. The maximum absolute atomic E-state index is 13.5. The molecule has 160 valence electrons. The summed E-state index contributed by atoms with van der Waals surface area (Å²) in [5, 5.41) is 7.04. The first-order valence-electron chi connectivity index (χ1n) is 10.5. The molecule has 2 aliphatic rings. The Kier molecular flexibility index (Phi) is 4.95. The summed E-state index contributed by atoms with van der Waals surface area (Å²) in [6.07, 6.45) is 2.12. The lowest BCUT2D eigenvalue weighted by molar-refractivity contribution is -0.132. The minimum atomic E-state index is -1.08. The first-order valence-corrected chi connectivity index (χ1v) is 11.4. The fourth-order valence-corrected chi connectivity index (χ4v) is 5.56. The van der Waals surface area contributed by atoms with E-state index in [1.807, 2.05) is 36.4 Å². The highest BCUT2D eigenvalue weighted by Gasteiger charge is 2.50. The van der Waals surface area contributed by atoms with Crippen molar-refractivity contribution in [1.82, 2.24) is 15.1 Å². The number of hydrogen-bond acceptors (Lipinski definition) is 5. The van der Waals surface area contributed by atoms with Gasteiger partial charge in [-0.1, -0.05) is 24.3 Å². The van der Waals surface area contributed by atoms with E-state index in [4.69, 9.17) is 4.74 Å². The molecule has 0 radical (unpaired) electrons. The summed E-state index contributed by atoms with van der Waals surface area (Å²) in [4.78, 5) is 31.2. The van der Waals surface area contributed by atoms with Gasteiger partial charge in [-0.3, -0.25) is 9.69 Å². The quantitative estimate of drug-likeness (QED) is 0.601. The molecule has 6 nitrogen and oxygen atoms in total. The van der Waals surface area contributed by atoms with Crippen LogP contribution in [0.5, 0.6) is 5.75 Å². The molecule has 0 saturated carbocycles. The van der Waals surface area contributed by atoms with Crippen molar-refractivity contribution in [2.75, 3.05) is 20.3 Å². The van der Waals surface area contributed by atoms with Gasteiger partial charge in [-0.25, -0.2) is 9.69 Å². The summed E-state index contributed by atoms with van der Waals surface area (Å²) in [5.74, 6) is 0.580. The third-order valence-electron chi connectivity index (χ3n) is 6.46. The Morgan fingerprint density at radius 3 is 2.74 bits per heavy atom. The molecule has 1 aromatic heterocycles. The Morgan fingerprint density at radius 2 is 1.97 bits per heavy atom. The topological polar surface area (TPSA) is 61.9 Å². The van der Waals surface area contributed by atoms with Crippen molar-refractivity contribution < 1.29 is 14.3 Å². The van der Waals surface area contributed by atoms with Crippen LogP contribution in [-0.4, -0.2) is 42.1 Å². The number of methoxy groups -OCH3 is 1. The summed E-state index contributed by atoms with van der Waals surface area (Å²) >= 11 is 1.73. The van der Waals surface area contributed by atoms with Gasteiger partial charge in [-0.05, 0) is 65.7 Å². The second-order valence-electron chi connectivity index (χ2n) is 8.34. The predicted molar refractivity (Wildman–Crippen MR) is 121 cm³/mol. The number of likely N-dealkylation sites (tertiary alicyclic amines) is 1. The number of imide groups is 1. The number of amides is 3. The van der Waals surface area contributed by atoms with Gasteiger partial charge in [0.2, 0.25) is 0 Å². The van der Waals surface area contributed by atoms with E-state index >= 15 is 0 Å². The Hall–Kier alpha value is -2.90. The number of hydrogen-bond donors (Lipinski definition) is 1. The van der Waals surface area contributed by atoms with Crippen LogP contribution < -0.4 is 10.1 Å². The van der Waals surface area contributed by atoms with Gasteiger partial charge >= 0.3 is 6.03 Å². The number of fused-ring (bicyclic) bond motifs is 1. The standard InChI is InChI=1S/C24H25N3O3S/c1-24(18-9-7-17-14-19(30-2)10-8-16(17)13-18)22(28)27(23(29)25-24)15-26-11-3-5-20(26)21-6-4-12-31-21/h4,6-10,12-14,20H,3,5,11,15H2,1-2H3,(H,25,29). The second kappa shape index (κ2) is 7.66. The second-order valence-corrected chi connectivity index (χ2v) is 9.32. The lowest BCUT2D eigenvalue weighted by Gasteiger charge is -2.28. The van der Waals surface area contributed by atoms with Crippen LogP contribution in [0.4, 0.5) is 4.79 Å². The largest absolute Gasteiger partial charge is 0.497 e. The number of ether oxygens (including phenoxy) is 1. The molecule has 1 N–H and O–H groups in total. The van der Waals surface area contributed by atoms with E-state index in [9.17, 15) is 9.59 Å². The van der Waals surface area contributed by atoms with Crippen LogP contribution in [0.15, 0.2) is 53.9 Å². The number of nitrogens with one attached hydrogen (secondary N) is 1. The van der Waals surface area contributed by atoms with Gasteiger partial charge in [0.15, 0.2) is 0 Å². The van der Waals surface area contributed by atoms with Gasteiger partial charge in [0, 0.05) is 17.5 Å². The van der Waals surface area contributed by atoms with E-state index in [0.29, 0.717) is 6.67 Å². The Morgan fingerprint density at radius 1 is 1.16 bits per heavy atom. The molecule has 2 aliphatic heterocycles. The first kappa shape index (κ1) is 20.0. The van der Waals surface area contributed by atoms with Crippen LogP contribution in [0.2, 0.25) is 0 Å². The molecule has 31 heavy (non-hydrogen) atoms. The first-order chi connectivity index (χ1) is 15.0. The monoisotopic (exact) mass is 435 g/mol. The molecule has 3 amide bonds. The van der Waals surface area contributed by atoms with E-state index in [0.717, 1.165) is 41.5 Å². The van der Waals surface area contributed by atoms with Crippen molar-refractivity contribution in [2.45, 2.75) is 31.3 Å². The van der Waals surface area contributed by atoms with E-state index in [1.165, 1.54) is 9.78 Å². The molecule has 2 aromatic carbocycles. The molecule has 0 aliphatic carbocycles. The minimum absolute atomic E-state index is 0.206. The van der Waals surface area contributed by atoms with E-state index < -0.39 is 5.54 Å². The van der Waals surface area contributed by atoms with Crippen molar-refractivity contribution in [2.24, 2.45) is 0 Å². The number of nitrogens with zero attached hydrogens (tertiary/aromatic N) is 2. The highest BCUT2D eigenvalue weighted by molar-refractivity contribution is 7.10. The minimum Gasteiger partial charge on any atom is -0.497 e. The van der Waals surface area contributed by atoms with Crippen LogP contribution in [0, 0.1) is 0 Å². The Labute approximate surface area is 185 Å². The average Bonchev–Trinajstić information content (AvgIpc) is 3.51. The smallest absolute Gasteiger partial charge is 0.326 e. The van der Waals surface area contributed by atoms with Crippen molar-refractivity contribution in [3.63, 3.8) is 0 Å². The zero-order chi connectivity index (χ0) is 21.6. The van der Waals surface area contributed by atoms with Crippen LogP contribution in [-0.2, 0) is 10.3 Å². The highest BCUT2D eigenvalue weighted by atomic mass is 32.1. The zero-order valence-corrected chi connectivity index (χ0v) is 18.4. The SMILES string of the molecule is COc1ccc2cc(C3(C)NC(=O)N(CN4CCCC4c4cccs4)C3=O)ccc2c1. The molecule has 2 unspecified atom stereocenters. The number of benzene rings is 2. The van der Waals surface area contributed by atoms with Gasteiger partial charge in [0.05, 0.1) is 13.8 Å². The summed E-state index contributed by atoms with van der Waals surface area (Å²) in [6.45, 7) is 2.99. The number of carbonyl (C=O) groups excluding carboxylic acids is 2. The predicted octanol–water partition coefficient (Wildman–Crippen LogP) is 4.47. The van der Waals surface area contributed by atoms with E-state index in [2.05, 4.69) is 27.7 Å². The summed E-state index contributed by atoms with van der Waals surface area (Å²) in [6, 6.07) is 15.8. The van der Waals surface area contributed by atoms with E-state index in [1.54, 1.807) is 25.4 Å². The molecular weight excluding hydrogens is 410 g/mol. The number of carbonyl (C=O) groups is 2. The molecule has 2 saturated heterocycles. The Bertz CT molecular complexity index is 1150. The molecule has 0 spiro atoms. The maximum atomic E-state index is 13.5. The Balaban J connectivity index is 1.40. The molecule has 3 heterocycles. The fraction of sp³-hybridized carbons (Fsp3) is 0.333. The molecular formula is C24H25N3O3S. The summed E-state index contributed by atoms with van der Waals surface area (Å²) < 4.78 is 5.29. The lowest BCUT2D eigenvalue weighted by Crippen LogP contribution is -2.43. The van der Waals surface area contributed by atoms with Gasteiger partial charge < -0.3 is 10.1 Å².